The van der Waals surface area contributed by atoms with Crippen molar-refractivity contribution in [2.24, 2.45) is 5.92 Å². The van der Waals surface area contributed by atoms with Crippen molar-refractivity contribution in [1.82, 2.24) is 4.98 Å². The molecule has 1 fully saturated rings. The van der Waals surface area contributed by atoms with Crippen LogP contribution in [0, 0.1) is 11.9 Å². The molecule has 0 radical (unpaired) electrons. The average Bonchev–Trinajstić information content (AvgIpc) is 2.60. The van der Waals surface area contributed by atoms with E-state index in [9.17, 15) is 9.18 Å². The third-order valence-electron chi connectivity index (χ3n) is 2.45. The lowest BCUT2D eigenvalue weighted by atomic mass is 10.2. The highest BCUT2D eigenvalue weighted by Gasteiger charge is 2.29. The number of pyridine rings is 1. The van der Waals surface area contributed by atoms with E-state index in [1.807, 2.05) is 0 Å². The van der Waals surface area contributed by atoms with Gasteiger partial charge < -0.3 is 4.90 Å². The van der Waals surface area contributed by atoms with Crippen molar-refractivity contribution in [2.45, 2.75) is 6.42 Å². The van der Waals surface area contributed by atoms with Gasteiger partial charge in [0.05, 0.1) is 0 Å². The number of aromatic nitrogens is 1. The average molecular weight is 273 g/mol. The number of carbonyl (C=O) groups excluding carboxylic acids is 1. The second-order valence-corrected chi connectivity index (χ2v) is 4.21. The summed E-state index contributed by atoms with van der Waals surface area (Å²) < 4.78 is 12.9. The van der Waals surface area contributed by atoms with E-state index in [1.165, 1.54) is 12.3 Å². The SMILES string of the molecule is O=C1CC(CBr)CN1c1ccnc(F)c1. The van der Waals surface area contributed by atoms with Gasteiger partial charge in [0.15, 0.2) is 0 Å². The van der Waals surface area contributed by atoms with Gasteiger partial charge in [0, 0.05) is 36.2 Å². The molecule has 3 nitrogen and oxygen atoms in total. The van der Waals surface area contributed by atoms with Gasteiger partial charge in [-0.1, -0.05) is 15.9 Å². The van der Waals surface area contributed by atoms with E-state index < -0.39 is 5.95 Å². The number of alkyl halides is 1. The Hall–Kier alpha value is -0.970. The quantitative estimate of drug-likeness (QED) is 0.609. The zero-order valence-electron chi connectivity index (χ0n) is 7.99. The second-order valence-electron chi connectivity index (χ2n) is 3.57. The van der Waals surface area contributed by atoms with E-state index >= 15 is 0 Å². The number of carbonyl (C=O) groups is 1. The molecule has 1 atom stereocenters. The van der Waals surface area contributed by atoms with Crippen molar-refractivity contribution in [3.63, 3.8) is 0 Å². The maximum Gasteiger partial charge on any atom is 0.227 e. The van der Waals surface area contributed by atoms with Gasteiger partial charge in [-0.25, -0.2) is 4.98 Å². The molecule has 1 aliphatic heterocycles. The molecule has 1 saturated heterocycles. The van der Waals surface area contributed by atoms with Crippen LogP contribution < -0.4 is 4.90 Å². The second kappa shape index (κ2) is 4.26. The summed E-state index contributed by atoms with van der Waals surface area (Å²) in [5, 5.41) is 0.794. The lowest BCUT2D eigenvalue weighted by Crippen LogP contribution is -2.24. The van der Waals surface area contributed by atoms with E-state index in [0.29, 0.717) is 24.6 Å². The van der Waals surface area contributed by atoms with E-state index in [4.69, 9.17) is 0 Å². The maximum atomic E-state index is 12.9. The third kappa shape index (κ3) is 2.17. The zero-order valence-corrected chi connectivity index (χ0v) is 9.58. The molecule has 5 heteroatoms. The predicted octanol–water partition coefficient (Wildman–Crippen LogP) is 1.97. The molecule has 2 heterocycles. The molecule has 1 aromatic heterocycles. The molecule has 1 aromatic rings. The van der Waals surface area contributed by atoms with Gasteiger partial charge in [0.1, 0.15) is 0 Å². The summed E-state index contributed by atoms with van der Waals surface area (Å²) in [7, 11) is 0. The van der Waals surface area contributed by atoms with Crippen LogP contribution in [0.1, 0.15) is 6.42 Å². The molecular formula is C10H10BrFN2O. The molecule has 15 heavy (non-hydrogen) atoms. The summed E-state index contributed by atoms with van der Waals surface area (Å²) in [5.41, 5.74) is 0.593. The summed E-state index contributed by atoms with van der Waals surface area (Å²) in [6.45, 7) is 0.646. The minimum absolute atomic E-state index is 0.0463. The molecule has 1 aliphatic rings. The van der Waals surface area contributed by atoms with E-state index in [0.717, 1.165) is 5.33 Å². The summed E-state index contributed by atoms with van der Waals surface area (Å²) in [5.74, 6) is -0.193. The lowest BCUT2D eigenvalue weighted by molar-refractivity contribution is -0.117. The van der Waals surface area contributed by atoms with Crippen LogP contribution in [-0.2, 0) is 4.79 Å². The van der Waals surface area contributed by atoms with Crippen molar-refractivity contribution in [1.29, 1.82) is 0 Å². The first-order chi connectivity index (χ1) is 7.20. The predicted molar refractivity (Wildman–Crippen MR) is 58.4 cm³/mol. The Morgan fingerprint density at radius 3 is 3.07 bits per heavy atom. The first kappa shape index (κ1) is 10.5. The fraction of sp³-hybridized carbons (Fsp3) is 0.400. The van der Waals surface area contributed by atoms with E-state index in [-0.39, 0.29) is 5.91 Å². The Morgan fingerprint density at radius 2 is 2.47 bits per heavy atom. The van der Waals surface area contributed by atoms with Crippen LogP contribution in [0.4, 0.5) is 10.1 Å². The van der Waals surface area contributed by atoms with Crippen molar-refractivity contribution >= 4 is 27.5 Å². The largest absolute Gasteiger partial charge is 0.312 e. The maximum absolute atomic E-state index is 12.9. The van der Waals surface area contributed by atoms with Crippen molar-refractivity contribution in [2.75, 3.05) is 16.8 Å². The standard InChI is InChI=1S/C10H10BrFN2O/c11-5-7-3-10(15)14(6-7)8-1-2-13-9(12)4-8/h1-2,4,7H,3,5-6H2. The molecule has 0 bridgehead atoms. The van der Waals surface area contributed by atoms with E-state index in [1.54, 1.807) is 11.0 Å². The molecule has 2 rings (SSSR count). The number of hydrogen-bond donors (Lipinski definition) is 0. The molecule has 0 aliphatic carbocycles. The number of anilines is 1. The first-order valence-electron chi connectivity index (χ1n) is 4.68. The highest BCUT2D eigenvalue weighted by molar-refractivity contribution is 9.09. The minimum atomic E-state index is -0.553. The number of amides is 1. The Balaban J connectivity index is 2.21. The Bertz CT molecular complexity index is 385. The highest BCUT2D eigenvalue weighted by Crippen LogP contribution is 2.25. The Kier molecular flexibility index (Phi) is 3.00. The van der Waals surface area contributed by atoms with Gasteiger partial charge in [-0.15, -0.1) is 0 Å². The van der Waals surface area contributed by atoms with Gasteiger partial charge in [-0.05, 0) is 12.0 Å². The lowest BCUT2D eigenvalue weighted by Gasteiger charge is -2.15. The van der Waals surface area contributed by atoms with Crippen molar-refractivity contribution in [3.05, 3.63) is 24.3 Å². The molecule has 0 saturated carbocycles. The van der Waals surface area contributed by atoms with Crippen LogP contribution in [-0.4, -0.2) is 22.8 Å². The summed E-state index contributed by atoms with van der Waals surface area (Å²) in [6, 6.07) is 2.94. The molecule has 0 aromatic carbocycles. The number of rotatable bonds is 2. The molecular weight excluding hydrogens is 263 g/mol. The van der Waals surface area contributed by atoms with E-state index in [2.05, 4.69) is 20.9 Å². The van der Waals surface area contributed by atoms with Gasteiger partial charge in [-0.3, -0.25) is 4.79 Å². The molecule has 80 valence electrons. The van der Waals surface area contributed by atoms with Crippen LogP contribution >= 0.6 is 15.9 Å². The molecule has 0 N–H and O–H groups in total. The van der Waals surface area contributed by atoms with Gasteiger partial charge >= 0.3 is 0 Å². The fourth-order valence-corrected chi connectivity index (χ4v) is 2.13. The number of hydrogen-bond acceptors (Lipinski definition) is 2. The smallest absolute Gasteiger partial charge is 0.227 e. The molecule has 1 amide bonds. The summed E-state index contributed by atoms with van der Waals surface area (Å²) in [4.78, 5) is 16.7. The van der Waals surface area contributed by atoms with Gasteiger partial charge in [-0.2, -0.15) is 4.39 Å². The van der Waals surface area contributed by atoms with Crippen LogP contribution in [0.2, 0.25) is 0 Å². The first-order valence-corrected chi connectivity index (χ1v) is 5.80. The highest BCUT2D eigenvalue weighted by atomic mass is 79.9. The van der Waals surface area contributed by atoms with Crippen molar-refractivity contribution in [3.8, 4) is 0 Å². The van der Waals surface area contributed by atoms with Gasteiger partial charge in [0.2, 0.25) is 11.9 Å². The van der Waals surface area contributed by atoms with Crippen LogP contribution in [0.15, 0.2) is 18.3 Å². The van der Waals surface area contributed by atoms with Crippen molar-refractivity contribution < 1.29 is 9.18 Å². The minimum Gasteiger partial charge on any atom is -0.312 e. The summed E-state index contributed by atoms with van der Waals surface area (Å²) >= 11 is 3.35. The third-order valence-corrected chi connectivity index (χ3v) is 3.36. The summed E-state index contributed by atoms with van der Waals surface area (Å²) in [6.07, 6.45) is 1.90. The molecule has 0 spiro atoms. The normalized spacial score (nSPS) is 21.1. The van der Waals surface area contributed by atoms with Crippen LogP contribution in [0.25, 0.3) is 0 Å². The topological polar surface area (TPSA) is 33.2 Å². The number of nitrogens with zero attached hydrogens (tertiary/aromatic N) is 2. The van der Waals surface area contributed by atoms with Gasteiger partial charge in [0.25, 0.3) is 0 Å². The Labute approximate surface area is 95.4 Å². The number of halogens is 2. The van der Waals surface area contributed by atoms with Crippen LogP contribution in [0.5, 0.6) is 0 Å². The monoisotopic (exact) mass is 272 g/mol. The fourth-order valence-electron chi connectivity index (χ4n) is 1.69. The zero-order chi connectivity index (χ0) is 10.8. The Morgan fingerprint density at radius 1 is 1.67 bits per heavy atom. The van der Waals surface area contributed by atoms with Crippen LogP contribution in [0.3, 0.4) is 0 Å². The molecule has 1 unspecified atom stereocenters.